The molecule has 0 fully saturated rings. The van der Waals surface area contributed by atoms with Gasteiger partial charge in [0.2, 0.25) is 5.95 Å². The smallest absolute Gasteiger partial charge is 0.258 e. The van der Waals surface area contributed by atoms with Gasteiger partial charge in [0.25, 0.3) is 5.91 Å². The molecule has 6 nitrogen and oxygen atoms in total. The molecule has 154 valence electrons. The Morgan fingerprint density at radius 1 is 1.23 bits per heavy atom. The highest BCUT2D eigenvalue weighted by molar-refractivity contribution is 5.98. The number of likely N-dealkylation sites (N-methyl/N-ethyl adjacent to an activating group) is 1. The SMILES string of the molecule is CCN1C(=O)c2c(C)nc(N)nc2C[C@@H]1c1ccc(F)cc1-c1cccc(OC)c1. The molecule has 1 aliphatic rings. The fraction of sp³-hybridized carbons (Fsp3) is 0.261. The second kappa shape index (κ2) is 7.74. The standard InChI is InChI=1S/C23H23FN4O2/c1-4-28-20(12-19-21(22(28)29)13(2)26-23(25)27-19)17-9-8-15(24)11-18(17)14-6-5-7-16(10-14)30-3/h5-11,20H,4,12H2,1-3H3,(H2,25,26,27)/t20-/m1/s1. The third kappa shape index (κ3) is 3.36. The van der Waals surface area contributed by atoms with E-state index in [1.54, 1.807) is 25.0 Å². The molecule has 0 saturated heterocycles. The summed E-state index contributed by atoms with van der Waals surface area (Å²) in [6.45, 7) is 4.20. The molecule has 0 spiro atoms. The van der Waals surface area contributed by atoms with Gasteiger partial charge in [-0.05, 0) is 54.8 Å². The van der Waals surface area contributed by atoms with Gasteiger partial charge >= 0.3 is 0 Å². The van der Waals surface area contributed by atoms with Crippen molar-refractivity contribution >= 4 is 11.9 Å². The third-order valence-electron chi connectivity index (χ3n) is 5.52. The Balaban J connectivity index is 1.88. The van der Waals surface area contributed by atoms with E-state index in [2.05, 4.69) is 9.97 Å². The average molecular weight is 406 g/mol. The number of anilines is 1. The lowest BCUT2D eigenvalue weighted by Gasteiger charge is -2.37. The quantitative estimate of drug-likeness (QED) is 0.710. The highest BCUT2D eigenvalue weighted by atomic mass is 19.1. The summed E-state index contributed by atoms with van der Waals surface area (Å²) in [6, 6.07) is 11.8. The zero-order chi connectivity index (χ0) is 21.4. The fourth-order valence-electron chi connectivity index (χ4n) is 4.16. The first-order valence-corrected chi connectivity index (χ1v) is 9.80. The van der Waals surface area contributed by atoms with Crippen molar-refractivity contribution in [3.8, 4) is 16.9 Å². The summed E-state index contributed by atoms with van der Waals surface area (Å²) in [6.07, 6.45) is 0.477. The molecular formula is C23H23FN4O2. The third-order valence-corrected chi connectivity index (χ3v) is 5.52. The minimum atomic E-state index is -0.343. The number of nitrogens with two attached hydrogens (primary N) is 1. The maximum Gasteiger partial charge on any atom is 0.258 e. The van der Waals surface area contributed by atoms with Crippen LogP contribution in [-0.2, 0) is 6.42 Å². The number of carbonyl (C=O) groups excluding carboxylic acids is 1. The Labute approximate surface area is 174 Å². The molecular weight excluding hydrogens is 383 g/mol. The minimum Gasteiger partial charge on any atom is -0.497 e. The number of hydrogen-bond acceptors (Lipinski definition) is 5. The van der Waals surface area contributed by atoms with E-state index in [-0.39, 0.29) is 23.7 Å². The number of benzene rings is 2. The number of amides is 1. The van der Waals surface area contributed by atoms with Crippen LogP contribution in [0, 0.1) is 12.7 Å². The van der Waals surface area contributed by atoms with Gasteiger partial charge in [-0.15, -0.1) is 0 Å². The lowest BCUT2D eigenvalue weighted by Crippen LogP contribution is -2.41. The largest absolute Gasteiger partial charge is 0.497 e. The first-order valence-electron chi connectivity index (χ1n) is 9.80. The summed E-state index contributed by atoms with van der Waals surface area (Å²) in [5.74, 6) is 0.345. The average Bonchev–Trinajstić information content (AvgIpc) is 2.73. The number of aryl methyl sites for hydroxylation is 1. The molecule has 0 bridgehead atoms. The predicted octanol–water partition coefficient (Wildman–Crippen LogP) is 3.94. The normalized spacial score (nSPS) is 15.8. The van der Waals surface area contributed by atoms with Crippen molar-refractivity contribution < 1.29 is 13.9 Å². The molecule has 4 rings (SSSR count). The van der Waals surface area contributed by atoms with Gasteiger partial charge in [0.15, 0.2) is 0 Å². The number of nitrogen functional groups attached to an aromatic ring is 1. The van der Waals surface area contributed by atoms with Gasteiger partial charge in [-0.1, -0.05) is 18.2 Å². The van der Waals surface area contributed by atoms with Crippen molar-refractivity contribution in [3.05, 3.63) is 70.8 Å². The van der Waals surface area contributed by atoms with E-state index in [4.69, 9.17) is 10.5 Å². The van der Waals surface area contributed by atoms with Crippen molar-refractivity contribution in [2.75, 3.05) is 19.4 Å². The fourth-order valence-corrected chi connectivity index (χ4v) is 4.16. The number of halogens is 1. The first-order chi connectivity index (χ1) is 14.4. The number of methoxy groups -OCH3 is 1. The molecule has 0 saturated carbocycles. The summed E-state index contributed by atoms with van der Waals surface area (Å²) in [5, 5.41) is 0. The molecule has 2 N–H and O–H groups in total. The van der Waals surface area contributed by atoms with Crippen LogP contribution < -0.4 is 10.5 Å². The van der Waals surface area contributed by atoms with Gasteiger partial charge in [-0.2, -0.15) is 0 Å². The monoisotopic (exact) mass is 406 g/mol. The van der Waals surface area contributed by atoms with E-state index in [0.29, 0.717) is 41.2 Å². The number of ether oxygens (including phenoxy) is 1. The first kappa shape index (κ1) is 19.8. The van der Waals surface area contributed by atoms with Crippen LogP contribution in [0.15, 0.2) is 42.5 Å². The Bertz CT molecular complexity index is 1130. The second-order valence-electron chi connectivity index (χ2n) is 7.26. The highest BCUT2D eigenvalue weighted by Gasteiger charge is 2.36. The lowest BCUT2D eigenvalue weighted by molar-refractivity contribution is 0.0656. The minimum absolute atomic E-state index is 0.137. The number of fused-ring (bicyclic) bond motifs is 1. The molecule has 1 aliphatic heterocycles. The van der Waals surface area contributed by atoms with Crippen LogP contribution in [0.1, 0.15) is 40.3 Å². The van der Waals surface area contributed by atoms with Crippen LogP contribution in [0.2, 0.25) is 0 Å². The van der Waals surface area contributed by atoms with Gasteiger partial charge in [-0.3, -0.25) is 4.79 Å². The summed E-state index contributed by atoms with van der Waals surface area (Å²) in [5.41, 5.74) is 9.93. The molecule has 7 heteroatoms. The lowest BCUT2D eigenvalue weighted by atomic mass is 9.87. The van der Waals surface area contributed by atoms with Gasteiger partial charge in [0.05, 0.1) is 30.1 Å². The van der Waals surface area contributed by atoms with Crippen molar-refractivity contribution in [1.82, 2.24) is 14.9 Å². The molecule has 1 aromatic heterocycles. The van der Waals surface area contributed by atoms with E-state index in [9.17, 15) is 9.18 Å². The molecule has 0 aliphatic carbocycles. The second-order valence-corrected chi connectivity index (χ2v) is 7.26. The molecule has 1 amide bonds. The van der Waals surface area contributed by atoms with Crippen LogP contribution in [0.3, 0.4) is 0 Å². The Hall–Kier alpha value is -3.48. The zero-order valence-electron chi connectivity index (χ0n) is 17.1. The zero-order valence-corrected chi connectivity index (χ0v) is 17.1. The summed E-state index contributed by atoms with van der Waals surface area (Å²) in [7, 11) is 1.59. The molecule has 0 unspecified atom stereocenters. The maximum absolute atomic E-state index is 14.2. The van der Waals surface area contributed by atoms with Crippen molar-refractivity contribution in [2.24, 2.45) is 0 Å². The van der Waals surface area contributed by atoms with Gasteiger partial charge in [0.1, 0.15) is 11.6 Å². The van der Waals surface area contributed by atoms with Crippen LogP contribution in [-0.4, -0.2) is 34.4 Å². The van der Waals surface area contributed by atoms with Crippen molar-refractivity contribution in [2.45, 2.75) is 26.3 Å². The van der Waals surface area contributed by atoms with Crippen LogP contribution in [0.4, 0.5) is 10.3 Å². The van der Waals surface area contributed by atoms with E-state index in [1.165, 1.54) is 12.1 Å². The van der Waals surface area contributed by atoms with E-state index in [0.717, 1.165) is 11.1 Å². The number of rotatable bonds is 4. The molecule has 3 aromatic rings. The Morgan fingerprint density at radius 3 is 2.77 bits per heavy atom. The summed E-state index contributed by atoms with van der Waals surface area (Å²) >= 11 is 0. The highest BCUT2D eigenvalue weighted by Crippen LogP contribution is 2.39. The molecule has 30 heavy (non-hydrogen) atoms. The number of aromatic nitrogens is 2. The molecule has 1 atom stereocenters. The Morgan fingerprint density at radius 2 is 2.03 bits per heavy atom. The van der Waals surface area contributed by atoms with E-state index < -0.39 is 0 Å². The topological polar surface area (TPSA) is 81.3 Å². The molecule has 2 heterocycles. The van der Waals surface area contributed by atoms with Crippen LogP contribution in [0.25, 0.3) is 11.1 Å². The van der Waals surface area contributed by atoms with E-state index in [1.807, 2.05) is 31.2 Å². The predicted molar refractivity (Wildman–Crippen MR) is 113 cm³/mol. The van der Waals surface area contributed by atoms with Crippen molar-refractivity contribution in [3.63, 3.8) is 0 Å². The summed E-state index contributed by atoms with van der Waals surface area (Å²) in [4.78, 5) is 23.6. The maximum atomic E-state index is 14.2. The van der Waals surface area contributed by atoms with Gasteiger partial charge < -0.3 is 15.4 Å². The van der Waals surface area contributed by atoms with Crippen LogP contribution >= 0.6 is 0 Å². The number of carbonyl (C=O) groups is 1. The van der Waals surface area contributed by atoms with Gasteiger partial charge in [-0.25, -0.2) is 14.4 Å². The van der Waals surface area contributed by atoms with Gasteiger partial charge in [0, 0.05) is 13.0 Å². The summed E-state index contributed by atoms with van der Waals surface area (Å²) < 4.78 is 19.6. The molecule has 2 aromatic carbocycles. The Kier molecular flexibility index (Phi) is 5.11. The number of nitrogens with zero attached hydrogens (tertiary/aromatic N) is 3. The van der Waals surface area contributed by atoms with Crippen molar-refractivity contribution in [1.29, 1.82) is 0 Å². The number of hydrogen-bond donors (Lipinski definition) is 1. The molecule has 0 radical (unpaired) electrons. The van der Waals surface area contributed by atoms with Crippen LogP contribution in [0.5, 0.6) is 5.75 Å². The van der Waals surface area contributed by atoms with E-state index >= 15 is 0 Å².